The third-order valence-corrected chi connectivity index (χ3v) is 5.83. The van der Waals surface area contributed by atoms with Crippen LogP contribution >= 0.6 is 0 Å². The van der Waals surface area contributed by atoms with Crippen molar-refractivity contribution in [3.8, 4) is 5.75 Å². The van der Waals surface area contributed by atoms with Gasteiger partial charge in [0.05, 0.1) is 6.61 Å². The van der Waals surface area contributed by atoms with E-state index in [2.05, 4.69) is 52.4 Å². The molecule has 29 heavy (non-hydrogen) atoms. The number of piperazine rings is 1. The molecule has 2 aromatic rings. The first-order valence-corrected chi connectivity index (χ1v) is 10.8. The van der Waals surface area contributed by atoms with Crippen molar-refractivity contribution in [1.29, 1.82) is 0 Å². The second-order valence-corrected chi connectivity index (χ2v) is 8.09. The van der Waals surface area contributed by atoms with Crippen LogP contribution in [0.5, 0.6) is 5.75 Å². The predicted octanol–water partition coefficient (Wildman–Crippen LogP) is 3.86. The van der Waals surface area contributed by atoms with Gasteiger partial charge in [0.15, 0.2) is 0 Å². The first kappa shape index (κ1) is 19.8. The summed E-state index contributed by atoms with van der Waals surface area (Å²) in [5.41, 5.74) is 4.77. The lowest BCUT2D eigenvalue weighted by Crippen LogP contribution is -2.46. The van der Waals surface area contributed by atoms with Gasteiger partial charge in [-0.1, -0.05) is 18.2 Å². The normalized spacial score (nSPS) is 17.4. The molecule has 1 fully saturated rings. The van der Waals surface area contributed by atoms with Gasteiger partial charge in [0.2, 0.25) is 5.91 Å². The number of carbonyl (C=O) groups excluding carboxylic acids is 1. The summed E-state index contributed by atoms with van der Waals surface area (Å²) in [6.07, 6.45) is 3.47. The highest BCUT2D eigenvalue weighted by Crippen LogP contribution is 2.27. The second-order valence-electron chi connectivity index (χ2n) is 8.09. The minimum Gasteiger partial charge on any atom is -0.493 e. The highest BCUT2D eigenvalue weighted by molar-refractivity contribution is 5.92. The van der Waals surface area contributed by atoms with E-state index in [0.717, 1.165) is 63.4 Å². The minimum absolute atomic E-state index is 0.103. The number of nitrogens with one attached hydrogen (secondary N) is 1. The number of ether oxygens (including phenoxy) is 1. The van der Waals surface area contributed by atoms with Crippen LogP contribution in [-0.4, -0.2) is 50.1 Å². The summed E-state index contributed by atoms with van der Waals surface area (Å²) >= 11 is 0. The highest BCUT2D eigenvalue weighted by atomic mass is 16.5. The summed E-state index contributed by atoms with van der Waals surface area (Å²) in [5.74, 6) is 0.945. The Hall–Kier alpha value is -2.53. The van der Waals surface area contributed by atoms with Gasteiger partial charge in [-0.2, -0.15) is 0 Å². The molecule has 2 heterocycles. The summed E-state index contributed by atoms with van der Waals surface area (Å²) < 4.78 is 5.95. The summed E-state index contributed by atoms with van der Waals surface area (Å²) in [6, 6.07) is 14.9. The Balaban J connectivity index is 1.19. The number of hydrogen-bond acceptors (Lipinski definition) is 4. The minimum atomic E-state index is 0.103. The molecule has 0 atom stereocenters. The molecule has 0 radical (unpaired) electrons. The van der Waals surface area contributed by atoms with Gasteiger partial charge in [-0.25, -0.2) is 0 Å². The Bertz CT molecular complexity index is 844. The molecule has 0 saturated carbocycles. The van der Waals surface area contributed by atoms with E-state index in [1.54, 1.807) is 0 Å². The Morgan fingerprint density at radius 1 is 1.03 bits per heavy atom. The zero-order valence-corrected chi connectivity index (χ0v) is 17.3. The Kier molecular flexibility index (Phi) is 6.35. The topological polar surface area (TPSA) is 44.8 Å². The number of anilines is 2. The van der Waals surface area contributed by atoms with Gasteiger partial charge in [0, 0.05) is 56.6 Å². The van der Waals surface area contributed by atoms with E-state index < -0.39 is 0 Å². The van der Waals surface area contributed by atoms with E-state index in [4.69, 9.17) is 4.74 Å². The van der Waals surface area contributed by atoms with E-state index >= 15 is 0 Å². The van der Waals surface area contributed by atoms with Gasteiger partial charge >= 0.3 is 0 Å². The molecule has 1 saturated heterocycles. The molecular formula is C24H31N3O2. The molecule has 2 aromatic carbocycles. The molecule has 1 amide bonds. The molecule has 5 nitrogen and oxygen atoms in total. The first-order valence-electron chi connectivity index (χ1n) is 10.8. The summed E-state index contributed by atoms with van der Waals surface area (Å²) in [6.45, 7) is 8.26. The van der Waals surface area contributed by atoms with Crippen LogP contribution in [0.25, 0.3) is 0 Å². The lowest BCUT2D eigenvalue weighted by Gasteiger charge is -2.36. The van der Waals surface area contributed by atoms with Gasteiger partial charge in [0.1, 0.15) is 5.75 Å². The summed E-state index contributed by atoms with van der Waals surface area (Å²) in [5, 5.41) is 2.99. The van der Waals surface area contributed by atoms with E-state index in [9.17, 15) is 4.79 Å². The molecule has 2 aliphatic rings. The van der Waals surface area contributed by atoms with Crippen LogP contribution in [0, 0.1) is 6.92 Å². The van der Waals surface area contributed by atoms with Crippen molar-refractivity contribution in [2.75, 3.05) is 49.5 Å². The van der Waals surface area contributed by atoms with Crippen molar-refractivity contribution in [1.82, 2.24) is 4.90 Å². The zero-order chi connectivity index (χ0) is 20.1. The molecule has 154 valence electrons. The third kappa shape index (κ3) is 5.30. The summed E-state index contributed by atoms with van der Waals surface area (Å²) in [4.78, 5) is 16.8. The lowest BCUT2D eigenvalue weighted by atomic mass is 10.1. The molecule has 0 aromatic heterocycles. The predicted molar refractivity (Wildman–Crippen MR) is 118 cm³/mol. The smallest absolute Gasteiger partial charge is 0.224 e. The number of hydrogen-bond donors (Lipinski definition) is 1. The molecule has 0 unspecified atom stereocenters. The number of amides is 1. The third-order valence-electron chi connectivity index (χ3n) is 5.83. The van der Waals surface area contributed by atoms with Crippen molar-refractivity contribution in [3.05, 3.63) is 53.6 Å². The number of aryl methyl sites for hydroxylation is 2. The SMILES string of the molecule is Cc1cccc(N2CCN(CCCOc3ccc4c(c3)NC(=O)CCC4)CC2)c1. The van der Waals surface area contributed by atoms with Crippen molar-refractivity contribution in [2.45, 2.75) is 32.6 Å². The van der Waals surface area contributed by atoms with Crippen LogP contribution in [0.3, 0.4) is 0 Å². The van der Waals surface area contributed by atoms with E-state index in [1.165, 1.54) is 16.8 Å². The van der Waals surface area contributed by atoms with Crippen molar-refractivity contribution >= 4 is 17.3 Å². The monoisotopic (exact) mass is 393 g/mol. The van der Waals surface area contributed by atoms with E-state index in [1.807, 2.05) is 12.1 Å². The average Bonchev–Trinajstić information content (AvgIpc) is 2.91. The Morgan fingerprint density at radius 3 is 2.72 bits per heavy atom. The fourth-order valence-electron chi connectivity index (χ4n) is 4.16. The molecule has 2 aliphatic heterocycles. The molecule has 4 rings (SSSR count). The van der Waals surface area contributed by atoms with Gasteiger partial charge in [-0.05, 0) is 55.5 Å². The number of nitrogens with zero attached hydrogens (tertiary/aromatic N) is 2. The molecule has 0 spiro atoms. The maximum Gasteiger partial charge on any atom is 0.224 e. The van der Waals surface area contributed by atoms with Gasteiger partial charge < -0.3 is 15.0 Å². The van der Waals surface area contributed by atoms with Crippen molar-refractivity contribution in [2.24, 2.45) is 0 Å². The Morgan fingerprint density at radius 2 is 1.90 bits per heavy atom. The fourth-order valence-corrected chi connectivity index (χ4v) is 4.16. The Labute approximate surface area is 173 Å². The van der Waals surface area contributed by atoms with E-state index in [-0.39, 0.29) is 5.91 Å². The van der Waals surface area contributed by atoms with Crippen LogP contribution in [0.15, 0.2) is 42.5 Å². The quantitative estimate of drug-likeness (QED) is 0.757. The number of benzene rings is 2. The fraction of sp³-hybridized carbons (Fsp3) is 0.458. The number of rotatable bonds is 6. The second kappa shape index (κ2) is 9.31. The van der Waals surface area contributed by atoms with Crippen LogP contribution < -0.4 is 15.0 Å². The molecule has 0 aliphatic carbocycles. The molecule has 0 bridgehead atoms. The largest absolute Gasteiger partial charge is 0.493 e. The van der Waals surface area contributed by atoms with Crippen molar-refractivity contribution in [3.63, 3.8) is 0 Å². The van der Waals surface area contributed by atoms with Gasteiger partial charge in [-0.15, -0.1) is 0 Å². The van der Waals surface area contributed by atoms with E-state index in [0.29, 0.717) is 13.0 Å². The lowest BCUT2D eigenvalue weighted by molar-refractivity contribution is -0.116. The van der Waals surface area contributed by atoms with Gasteiger partial charge in [0.25, 0.3) is 0 Å². The van der Waals surface area contributed by atoms with Crippen molar-refractivity contribution < 1.29 is 9.53 Å². The van der Waals surface area contributed by atoms with Crippen LogP contribution in [0.4, 0.5) is 11.4 Å². The summed E-state index contributed by atoms with van der Waals surface area (Å²) in [7, 11) is 0. The number of carbonyl (C=O) groups is 1. The average molecular weight is 394 g/mol. The maximum absolute atomic E-state index is 11.8. The molecule has 1 N–H and O–H groups in total. The van der Waals surface area contributed by atoms with Gasteiger partial charge in [-0.3, -0.25) is 9.69 Å². The first-order chi connectivity index (χ1) is 14.2. The van der Waals surface area contributed by atoms with Crippen LogP contribution in [0.2, 0.25) is 0 Å². The molecular weight excluding hydrogens is 362 g/mol. The number of fused-ring (bicyclic) bond motifs is 1. The maximum atomic E-state index is 11.8. The van der Waals surface area contributed by atoms with Crippen LogP contribution in [-0.2, 0) is 11.2 Å². The standard InChI is InChI=1S/C24H31N3O2/c1-19-5-2-7-21(17-19)27-14-12-26(13-15-27)11-4-16-29-22-10-9-20-6-3-8-24(28)25-23(20)18-22/h2,5,7,9-10,17-18H,3-4,6,8,11-16H2,1H3,(H,25,28). The zero-order valence-electron chi connectivity index (χ0n) is 17.3. The van der Waals surface area contributed by atoms with Crippen LogP contribution in [0.1, 0.15) is 30.4 Å². The highest BCUT2D eigenvalue weighted by Gasteiger charge is 2.17. The molecule has 5 heteroatoms.